The molecule has 0 bridgehead atoms. The van der Waals surface area contributed by atoms with Crippen LogP contribution in [0.5, 0.6) is 0 Å². The van der Waals surface area contributed by atoms with Gasteiger partial charge >= 0.3 is 0 Å². The maximum absolute atomic E-state index is 8.78. The first-order chi connectivity index (χ1) is 9.11. The molecule has 0 radical (unpaired) electrons. The zero-order valence-corrected chi connectivity index (χ0v) is 12.1. The molecular weight excluding hydrogens is 282 g/mol. The Kier molecular flexibility index (Phi) is 4.23. The van der Waals surface area contributed by atoms with Gasteiger partial charge in [-0.25, -0.2) is 0 Å². The molecule has 0 aliphatic carbocycles. The normalized spacial score (nSPS) is 11.6. The number of benzene rings is 1. The Balaban J connectivity index is 2.28. The van der Waals surface area contributed by atoms with Crippen molar-refractivity contribution in [1.82, 2.24) is 10.2 Å². The Morgan fingerprint density at radius 2 is 2.11 bits per heavy atom. The second kappa shape index (κ2) is 5.89. The van der Waals surface area contributed by atoms with E-state index >= 15 is 0 Å². The molecule has 1 aromatic heterocycles. The number of hydrogen-bond acceptors (Lipinski definition) is 7. The Bertz CT molecular complexity index is 596. The van der Waals surface area contributed by atoms with Crippen LogP contribution in [0.2, 0.25) is 0 Å². The first kappa shape index (κ1) is 13.6. The number of rotatable bonds is 4. The third-order valence-corrected chi connectivity index (χ3v) is 4.46. The molecule has 19 heavy (non-hydrogen) atoms. The fourth-order valence-corrected chi connectivity index (χ4v) is 3.20. The topological polar surface area (TPSA) is 87.6 Å². The van der Waals surface area contributed by atoms with Crippen LogP contribution in [-0.2, 0) is 0 Å². The van der Waals surface area contributed by atoms with Crippen LogP contribution in [0.1, 0.15) is 5.56 Å². The van der Waals surface area contributed by atoms with Crippen LogP contribution < -0.4 is 10.6 Å². The largest absolute Gasteiger partial charge is 0.409 e. The molecule has 8 heteroatoms. The van der Waals surface area contributed by atoms with Crippen LogP contribution in [0, 0.1) is 0 Å². The summed E-state index contributed by atoms with van der Waals surface area (Å²) in [6, 6.07) is 7.42. The van der Waals surface area contributed by atoms with Gasteiger partial charge in [0.1, 0.15) is 0 Å². The molecule has 2 aromatic rings. The van der Waals surface area contributed by atoms with Crippen LogP contribution in [0.4, 0.5) is 5.13 Å². The molecule has 0 unspecified atom stereocenters. The summed E-state index contributed by atoms with van der Waals surface area (Å²) in [6.07, 6.45) is 0. The Labute approximate surface area is 118 Å². The lowest BCUT2D eigenvalue weighted by atomic mass is 10.2. The second-order valence-electron chi connectivity index (χ2n) is 3.83. The van der Waals surface area contributed by atoms with Gasteiger partial charge in [-0.2, -0.15) is 0 Å². The van der Waals surface area contributed by atoms with Gasteiger partial charge in [0.05, 0.1) is 0 Å². The quantitative estimate of drug-likeness (QED) is 0.387. The SMILES string of the molecule is CN(C)c1nnc(Sc2ccccc2C(N)=NO)s1. The van der Waals surface area contributed by atoms with Gasteiger partial charge in [0.2, 0.25) is 5.13 Å². The zero-order chi connectivity index (χ0) is 13.8. The van der Waals surface area contributed by atoms with Crippen LogP contribution in [0.3, 0.4) is 0 Å². The minimum Gasteiger partial charge on any atom is -0.409 e. The van der Waals surface area contributed by atoms with Crippen molar-refractivity contribution in [2.75, 3.05) is 19.0 Å². The third kappa shape index (κ3) is 3.15. The molecule has 1 heterocycles. The van der Waals surface area contributed by atoms with Crippen molar-refractivity contribution < 1.29 is 5.21 Å². The van der Waals surface area contributed by atoms with Crippen molar-refractivity contribution >= 4 is 34.1 Å². The van der Waals surface area contributed by atoms with Crippen molar-refractivity contribution in [3.8, 4) is 0 Å². The number of nitrogens with zero attached hydrogens (tertiary/aromatic N) is 4. The molecule has 100 valence electrons. The van der Waals surface area contributed by atoms with Crippen molar-refractivity contribution in [2.24, 2.45) is 10.9 Å². The predicted octanol–water partition coefficient (Wildman–Crippen LogP) is 1.85. The number of hydrogen-bond donors (Lipinski definition) is 2. The number of aromatic nitrogens is 2. The summed E-state index contributed by atoms with van der Waals surface area (Å²) in [6.45, 7) is 0. The molecule has 3 N–H and O–H groups in total. The van der Waals surface area contributed by atoms with Gasteiger partial charge < -0.3 is 15.8 Å². The lowest BCUT2D eigenvalue weighted by Crippen LogP contribution is -2.13. The van der Waals surface area contributed by atoms with Crippen LogP contribution >= 0.6 is 23.1 Å². The molecule has 0 spiro atoms. The Morgan fingerprint density at radius 3 is 2.74 bits per heavy atom. The van der Waals surface area contributed by atoms with Crippen LogP contribution in [0.15, 0.2) is 38.7 Å². The molecule has 0 aliphatic heterocycles. The van der Waals surface area contributed by atoms with E-state index in [1.54, 1.807) is 6.07 Å². The van der Waals surface area contributed by atoms with E-state index in [4.69, 9.17) is 10.9 Å². The molecule has 0 aliphatic rings. The van der Waals surface area contributed by atoms with Gasteiger partial charge in [-0.15, -0.1) is 10.2 Å². The maximum atomic E-state index is 8.78. The lowest BCUT2D eigenvalue weighted by molar-refractivity contribution is 0.318. The highest BCUT2D eigenvalue weighted by Gasteiger charge is 2.12. The van der Waals surface area contributed by atoms with E-state index in [1.165, 1.54) is 23.1 Å². The highest BCUT2D eigenvalue weighted by molar-refractivity contribution is 8.01. The Hall–Kier alpha value is -1.80. The summed E-state index contributed by atoms with van der Waals surface area (Å²) in [5.41, 5.74) is 6.33. The van der Waals surface area contributed by atoms with Crippen LogP contribution in [0.25, 0.3) is 0 Å². The lowest BCUT2D eigenvalue weighted by Gasteiger charge is -2.05. The third-order valence-electron chi connectivity index (χ3n) is 2.25. The molecule has 0 amide bonds. The number of nitrogens with two attached hydrogens (primary N) is 1. The van der Waals surface area contributed by atoms with Crippen molar-refractivity contribution in [2.45, 2.75) is 9.24 Å². The van der Waals surface area contributed by atoms with Gasteiger partial charge in [0, 0.05) is 24.6 Å². The fourth-order valence-electron chi connectivity index (χ4n) is 1.34. The highest BCUT2D eigenvalue weighted by atomic mass is 32.2. The molecule has 2 rings (SSSR count). The van der Waals surface area contributed by atoms with E-state index in [0.717, 1.165) is 14.4 Å². The first-order valence-corrected chi connectivity index (χ1v) is 7.00. The van der Waals surface area contributed by atoms with E-state index < -0.39 is 0 Å². The van der Waals surface area contributed by atoms with E-state index in [2.05, 4.69) is 15.4 Å². The van der Waals surface area contributed by atoms with E-state index in [0.29, 0.717) is 5.56 Å². The summed E-state index contributed by atoms with van der Waals surface area (Å²) in [5.74, 6) is 0.0837. The molecule has 0 saturated carbocycles. The van der Waals surface area contributed by atoms with E-state index in [9.17, 15) is 0 Å². The smallest absolute Gasteiger partial charge is 0.208 e. The molecule has 0 fully saturated rings. The maximum Gasteiger partial charge on any atom is 0.208 e. The average molecular weight is 295 g/mol. The zero-order valence-electron chi connectivity index (χ0n) is 10.4. The number of oxime groups is 1. The molecule has 1 aromatic carbocycles. The molecular formula is C11H13N5OS2. The number of anilines is 1. The molecule has 0 saturated heterocycles. The molecule has 0 atom stereocenters. The first-order valence-electron chi connectivity index (χ1n) is 5.37. The summed E-state index contributed by atoms with van der Waals surface area (Å²) < 4.78 is 0.807. The van der Waals surface area contributed by atoms with Crippen molar-refractivity contribution in [3.05, 3.63) is 29.8 Å². The van der Waals surface area contributed by atoms with Gasteiger partial charge in [0.15, 0.2) is 10.2 Å². The monoisotopic (exact) mass is 295 g/mol. The van der Waals surface area contributed by atoms with Gasteiger partial charge in [-0.3, -0.25) is 0 Å². The van der Waals surface area contributed by atoms with Gasteiger partial charge in [-0.05, 0) is 6.07 Å². The van der Waals surface area contributed by atoms with Crippen molar-refractivity contribution in [1.29, 1.82) is 0 Å². The highest BCUT2D eigenvalue weighted by Crippen LogP contribution is 2.34. The van der Waals surface area contributed by atoms with Crippen LogP contribution in [-0.4, -0.2) is 35.3 Å². The minimum absolute atomic E-state index is 0.0837. The molecule has 6 nitrogen and oxygen atoms in total. The fraction of sp³-hybridized carbons (Fsp3) is 0.182. The Morgan fingerprint density at radius 1 is 1.37 bits per heavy atom. The number of amidine groups is 1. The van der Waals surface area contributed by atoms with Gasteiger partial charge in [-0.1, -0.05) is 46.5 Å². The second-order valence-corrected chi connectivity index (χ2v) is 6.07. The average Bonchev–Trinajstić information content (AvgIpc) is 2.87. The predicted molar refractivity (Wildman–Crippen MR) is 77.3 cm³/mol. The standard InChI is InChI=1S/C11H13N5OS2/c1-16(2)10-13-14-11(19-10)18-8-6-4-3-5-7(8)9(12)15-17/h3-6,17H,1-2H3,(H2,12,15). The van der Waals surface area contributed by atoms with Gasteiger partial charge in [0.25, 0.3) is 0 Å². The van der Waals surface area contributed by atoms with Crippen molar-refractivity contribution in [3.63, 3.8) is 0 Å². The summed E-state index contributed by atoms with van der Waals surface area (Å²) in [4.78, 5) is 2.77. The summed E-state index contributed by atoms with van der Waals surface area (Å²) >= 11 is 2.93. The van der Waals surface area contributed by atoms with E-state index in [1.807, 2.05) is 37.2 Å². The van der Waals surface area contributed by atoms with E-state index in [-0.39, 0.29) is 5.84 Å². The minimum atomic E-state index is 0.0837. The summed E-state index contributed by atoms with van der Waals surface area (Å²) in [7, 11) is 3.83. The summed E-state index contributed by atoms with van der Waals surface area (Å²) in [5, 5.41) is 20.8.